The van der Waals surface area contributed by atoms with Crippen molar-refractivity contribution in [3.63, 3.8) is 0 Å². The van der Waals surface area contributed by atoms with Gasteiger partial charge in [-0.25, -0.2) is 0 Å². The molecule has 1 aromatic carbocycles. The second-order valence-corrected chi connectivity index (χ2v) is 7.56. The topological polar surface area (TPSA) is 65.5 Å². The summed E-state index contributed by atoms with van der Waals surface area (Å²) in [7, 11) is 1.77. The van der Waals surface area contributed by atoms with Crippen molar-refractivity contribution in [2.24, 2.45) is 4.99 Å². The number of thioether (sulfide) groups is 1. The van der Waals surface area contributed by atoms with Gasteiger partial charge in [0.05, 0.1) is 0 Å². The summed E-state index contributed by atoms with van der Waals surface area (Å²) in [5.41, 5.74) is 0.682. The van der Waals surface area contributed by atoms with Crippen molar-refractivity contribution >= 4 is 23.6 Å². The molecule has 0 aliphatic carbocycles. The Morgan fingerprint density at radius 2 is 1.96 bits per heavy atom. The smallest absolute Gasteiger partial charge is 0.251 e. The molecule has 23 heavy (non-hydrogen) atoms. The van der Waals surface area contributed by atoms with Crippen LogP contribution in [0.5, 0.6) is 0 Å². The predicted octanol–water partition coefficient (Wildman–Crippen LogP) is 1.87. The molecule has 126 valence electrons. The van der Waals surface area contributed by atoms with Crippen molar-refractivity contribution in [1.82, 2.24) is 16.0 Å². The molecule has 5 nitrogen and oxygen atoms in total. The maximum Gasteiger partial charge on any atom is 0.251 e. The quantitative estimate of drug-likeness (QED) is 0.422. The Morgan fingerprint density at radius 3 is 2.61 bits per heavy atom. The molecule has 3 N–H and O–H groups in total. The van der Waals surface area contributed by atoms with Gasteiger partial charge >= 0.3 is 0 Å². The van der Waals surface area contributed by atoms with E-state index < -0.39 is 0 Å². The fourth-order valence-electron chi connectivity index (χ4n) is 2.52. The zero-order valence-electron chi connectivity index (χ0n) is 13.9. The average molecular weight is 334 g/mol. The van der Waals surface area contributed by atoms with Gasteiger partial charge in [-0.3, -0.25) is 9.79 Å². The van der Waals surface area contributed by atoms with Crippen LogP contribution in [-0.2, 0) is 0 Å². The second-order valence-electron chi connectivity index (χ2n) is 5.88. The second kappa shape index (κ2) is 8.82. The zero-order valence-corrected chi connectivity index (χ0v) is 14.7. The van der Waals surface area contributed by atoms with E-state index in [9.17, 15) is 4.79 Å². The van der Waals surface area contributed by atoms with E-state index in [1.807, 2.05) is 42.1 Å². The van der Waals surface area contributed by atoms with Crippen LogP contribution >= 0.6 is 11.8 Å². The Labute approximate surface area is 142 Å². The third-order valence-electron chi connectivity index (χ3n) is 3.89. The van der Waals surface area contributed by atoms with Crippen LogP contribution in [0.15, 0.2) is 35.3 Å². The Hall–Kier alpha value is -1.69. The van der Waals surface area contributed by atoms with Crippen molar-refractivity contribution in [1.29, 1.82) is 0 Å². The monoisotopic (exact) mass is 334 g/mol. The molecule has 6 heteroatoms. The molecule has 1 aromatic rings. The first-order valence-electron chi connectivity index (χ1n) is 8.05. The SMILES string of the molecule is CN=C(NCCNC(=O)c1ccccc1)NCC1(C)CCCS1. The molecular weight excluding hydrogens is 308 g/mol. The van der Waals surface area contributed by atoms with Gasteiger partial charge in [-0.05, 0) is 37.7 Å². The van der Waals surface area contributed by atoms with E-state index in [2.05, 4.69) is 27.9 Å². The summed E-state index contributed by atoms with van der Waals surface area (Å²) >= 11 is 2.02. The lowest BCUT2D eigenvalue weighted by Gasteiger charge is -2.24. The van der Waals surface area contributed by atoms with Crippen LogP contribution in [0.4, 0.5) is 0 Å². The van der Waals surface area contributed by atoms with E-state index in [4.69, 9.17) is 0 Å². The number of amides is 1. The molecule has 1 fully saturated rings. The average Bonchev–Trinajstić information content (AvgIpc) is 3.01. The first-order valence-corrected chi connectivity index (χ1v) is 9.03. The number of benzene rings is 1. The van der Waals surface area contributed by atoms with Crippen molar-refractivity contribution in [2.75, 3.05) is 32.4 Å². The largest absolute Gasteiger partial charge is 0.355 e. The minimum absolute atomic E-state index is 0.0507. The van der Waals surface area contributed by atoms with E-state index in [-0.39, 0.29) is 5.91 Å². The van der Waals surface area contributed by atoms with Crippen molar-refractivity contribution < 1.29 is 4.79 Å². The van der Waals surface area contributed by atoms with E-state index in [1.54, 1.807) is 7.05 Å². The van der Waals surface area contributed by atoms with Crippen molar-refractivity contribution in [3.8, 4) is 0 Å². The summed E-state index contributed by atoms with van der Waals surface area (Å²) in [6, 6.07) is 9.24. The van der Waals surface area contributed by atoms with Gasteiger partial charge < -0.3 is 16.0 Å². The summed E-state index contributed by atoms with van der Waals surface area (Å²) in [5, 5.41) is 9.50. The number of rotatable bonds is 6. The lowest BCUT2D eigenvalue weighted by Crippen LogP contribution is -2.45. The van der Waals surface area contributed by atoms with Gasteiger partial charge in [-0.2, -0.15) is 11.8 Å². The minimum Gasteiger partial charge on any atom is -0.355 e. The molecule has 1 amide bonds. The highest BCUT2D eigenvalue weighted by molar-refractivity contribution is 8.00. The molecule has 1 aliphatic heterocycles. The molecule has 0 spiro atoms. The summed E-state index contributed by atoms with van der Waals surface area (Å²) in [6.07, 6.45) is 2.54. The number of hydrogen-bond acceptors (Lipinski definition) is 3. The molecule has 1 unspecified atom stereocenters. The van der Waals surface area contributed by atoms with Crippen LogP contribution in [0.3, 0.4) is 0 Å². The highest BCUT2D eigenvalue weighted by Gasteiger charge is 2.29. The fraction of sp³-hybridized carbons (Fsp3) is 0.529. The first-order chi connectivity index (χ1) is 11.1. The molecule has 2 rings (SSSR count). The lowest BCUT2D eigenvalue weighted by atomic mass is 10.1. The normalized spacial score (nSPS) is 21.0. The van der Waals surface area contributed by atoms with Gasteiger partial charge in [0.15, 0.2) is 5.96 Å². The molecule has 1 heterocycles. The van der Waals surface area contributed by atoms with Crippen molar-refractivity contribution in [2.45, 2.75) is 24.5 Å². The highest BCUT2D eigenvalue weighted by Crippen LogP contribution is 2.36. The van der Waals surface area contributed by atoms with Crippen LogP contribution in [-0.4, -0.2) is 49.0 Å². The molecule has 1 atom stereocenters. The summed E-state index contributed by atoms with van der Waals surface area (Å²) < 4.78 is 0.305. The number of nitrogens with zero attached hydrogens (tertiary/aromatic N) is 1. The summed E-state index contributed by atoms with van der Waals surface area (Å²) in [5.74, 6) is 1.98. The number of carbonyl (C=O) groups is 1. The Morgan fingerprint density at radius 1 is 1.22 bits per heavy atom. The number of hydrogen-bond donors (Lipinski definition) is 3. The molecular formula is C17H26N4OS. The Balaban J connectivity index is 1.65. The van der Waals surface area contributed by atoms with E-state index in [0.29, 0.717) is 23.4 Å². The van der Waals surface area contributed by atoms with Crippen LogP contribution in [0, 0.1) is 0 Å². The fourth-order valence-corrected chi connectivity index (χ4v) is 3.76. The molecule has 0 bridgehead atoms. The molecule has 0 radical (unpaired) electrons. The van der Waals surface area contributed by atoms with Gasteiger partial charge in [0.2, 0.25) is 0 Å². The minimum atomic E-state index is -0.0507. The number of aliphatic imine (C=N–C) groups is 1. The summed E-state index contributed by atoms with van der Waals surface area (Å²) in [6.45, 7) is 4.40. The number of guanidine groups is 1. The van der Waals surface area contributed by atoms with Crippen LogP contribution in [0.1, 0.15) is 30.1 Å². The van der Waals surface area contributed by atoms with E-state index in [0.717, 1.165) is 12.5 Å². The Bertz CT molecular complexity index is 527. The van der Waals surface area contributed by atoms with E-state index >= 15 is 0 Å². The third kappa shape index (κ3) is 5.78. The van der Waals surface area contributed by atoms with Gasteiger partial charge in [0, 0.05) is 37.0 Å². The zero-order chi connectivity index (χ0) is 16.5. The maximum absolute atomic E-state index is 11.9. The van der Waals surface area contributed by atoms with Gasteiger partial charge in [0.1, 0.15) is 0 Å². The number of carbonyl (C=O) groups excluding carboxylic acids is 1. The standard InChI is InChI=1S/C17H26N4OS/c1-17(9-6-12-23-17)13-21-16(18-2)20-11-10-19-15(22)14-7-4-3-5-8-14/h3-5,7-8H,6,9-13H2,1-2H3,(H,19,22)(H2,18,20,21). The first kappa shape index (κ1) is 17.7. The number of nitrogens with one attached hydrogen (secondary N) is 3. The molecule has 0 aromatic heterocycles. The Kier molecular flexibility index (Phi) is 6.77. The van der Waals surface area contributed by atoms with Crippen LogP contribution in [0.25, 0.3) is 0 Å². The lowest BCUT2D eigenvalue weighted by molar-refractivity contribution is 0.0954. The summed E-state index contributed by atoms with van der Waals surface area (Å²) in [4.78, 5) is 16.1. The molecule has 0 saturated carbocycles. The van der Waals surface area contributed by atoms with Gasteiger partial charge in [0.25, 0.3) is 5.91 Å². The van der Waals surface area contributed by atoms with E-state index in [1.165, 1.54) is 18.6 Å². The van der Waals surface area contributed by atoms with Gasteiger partial charge in [-0.15, -0.1) is 0 Å². The highest BCUT2D eigenvalue weighted by atomic mass is 32.2. The van der Waals surface area contributed by atoms with Crippen LogP contribution < -0.4 is 16.0 Å². The maximum atomic E-state index is 11.9. The van der Waals surface area contributed by atoms with Gasteiger partial charge in [-0.1, -0.05) is 18.2 Å². The van der Waals surface area contributed by atoms with Crippen molar-refractivity contribution in [3.05, 3.63) is 35.9 Å². The molecule has 1 aliphatic rings. The van der Waals surface area contributed by atoms with Crippen LogP contribution in [0.2, 0.25) is 0 Å². The molecule has 1 saturated heterocycles. The predicted molar refractivity (Wildman–Crippen MR) is 98.2 cm³/mol. The third-order valence-corrected chi connectivity index (χ3v) is 5.43.